The van der Waals surface area contributed by atoms with E-state index in [1.165, 1.54) is 9.87 Å². The van der Waals surface area contributed by atoms with E-state index in [4.69, 9.17) is 16.4 Å². The fraction of sp³-hybridized carbons (Fsp3) is 0.571. The second kappa shape index (κ2) is 12.2. The number of hydroxylamine groups is 1. The molecule has 0 aliphatic carbocycles. The highest BCUT2D eigenvalue weighted by atomic mass is 35.5. The lowest BCUT2D eigenvalue weighted by molar-refractivity contribution is -0.122. The van der Waals surface area contributed by atoms with Crippen LogP contribution in [0.3, 0.4) is 0 Å². The van der Waals surface area contributed by atoms with Crippen molar-refractivity contribution in [2.75, 3.05) is 18.8 Å². The van der Waals surface area contributed by atoms with Gasteiger partial charge in [-0.2, -0.15) is 0 Å². The minimum atomic E-state index is -3.54. The van der Waals surface area contributed by atoms with Gasteiger partial charge in [-0.25, -0.2) is 18.2 Å². The number of carbonyl (C=O) groups is 1. The van der Waals surface area contributed by atoms with Crippen LogP contribution in [0.1, 0.15) is 56.9 Å². The van der Waals surface area contributed by atoms with Gasteiger partial charge >= 0.3 is 0 Å². The van der Waals surface area contributed by atoms with Gasteiger partial charge in [-0.15, -0.1) is 5.92 Å². The Kier molecular flexibility index (Phi) is 9.95. The van der Waals surface area contributed by atoms with Gasteiger partial charge in [0.15, 0.2) is 6.10 Å². The molecule has 29 heavy (non-hydrogen) atoms. The van der Waals surface area contributed by atoms with Crippen LogP contribution in [0.5, 0.6) is 0 Å². The van der Waals surface area contributed by atoms with Crippen LogP contribution in [-0.4, -0.2) is 44.1 Å². The second-order valence-corrected chi connectivity index (χ2v) is 9.57. The zero-order chi connectivity index (χ0) is 21.1. The van der Waals surface area contributed by atoms with E-state index in [0.717, 1.165) is 32.1 Å². The number of piperidine rings is 1. The summed E-state index contributed by atoms with van der Waals surface area (Å²) in [5, 5.41) is 0.694. The monoisotopic (exact) mass is 440 g/mol. The van der Waals surface area contributed by atoms with Crippen molar-refractivity contribution in [3.8, 4) is 11.8 Å². The summed E-state index contributed by atoms with van der Waals surface area (Å²) in [5.41, 5.74) is 3.26. The number of amides is 1. The Bertz CT molecular complexity index is 794. The Hall–Kier alpha value is -1.59. The van der Waals surface area contributed by atoms with E-state index >= 15 is 0 Å². The van der Waals surface area contributed by atoms with Crippen LogP contribution >= 0.6 is 11.6 Å². The van der Waals surface area contributed by atoms with Crippen molar-refractivity contribution in [2.24, 2.45) is 0 Å². The first-order chi connectivity index (χ1) is 14.0. The Labute approximate surface area is 179 Å². The van der Waals surface area contributed by atoms with E-state index in [9.17, 15) is 13.2 Å². The first-order valence-electron chi connectivity index (χ1n) is 10.0. The van der Waals surface area contributed by atoms with Gasteiger partial charge in [0.25, 0.3) is 0 Å². The molecule has 2 rings (SSSR count). The quantitative estimate of drug-likeness (QED) is 0.261. The Balaban J connectivity index is 1.93. The lowest BCUT2D eigenvalue weighted by Gasteiger charge is -2.32. The van der Waals surface area contributed by atoms with Gasteiger partial charge < -0.3 is 0 Å². The summed E-state index contributed by atoms with van der Waals surface area (Å²) in [6, 6.07) is 7.73. The molecule has 1 saturated heterocycles. The first kappa shape index (κ1) is 23.7. The molecule has 1 aromatic rings. The van der Waals surface area contributed by atoms with Crippen LogP contribution in [0, 0.1) is 11.8 Å². The smallest absolute Gasteiger partial charge is 0.230 e. The number of benzene rings is 1. The number of hydrogen-bond acceptors (Lipinski definition) is 4. The summed E-state index contributed by atoms with van der Waals surface area (Å²) in [4.78, 5) is 15.6. The van der Waals surface area contributed by atoms with Gasteiger partial charge in [0.2, 0.25) is 16.4 Å². The Morgan fingerprint density at radius 2 is 1.97 bits per heavy atom. The molecule has 1 heterocycles. The van der Waals surface area contributed by atoms with Crippen LogP contribution in [0.15, 0.2) is 24.3 Å². The van der Waals surface area contributed by atoms with Crippen LogP contribution in [0.2, 0.25) is 5.02 Å². The molecule has 1 unspecified atom stereocenters. The zero-order valence-electron chi connectivity index (χ0n) is 16.8. The average Bonchev–Trinajstić information content (AvgIpc) is 2.72. The summed E-state index contributed by atoms with van der Waals surface area (Å²) in [5.74, 6) is 5.84. The van der Waals surface area contributed by atoms with Gasteiger partial charge in [0.05, 0.1) is 0 Å². The summed E-state index contributed by atoms with van der Waals surface area (Å²) in [7, 11) is -3.54. The SMILES string of the molecule is CCCCCC#CC(CS(=O)(=O)N1CCC(c2ccc(Cl)cc2)CC1)ONC=O. The van der Waals surface area contributed by atoms with Crippen LogP contribution < -0.4 is 5.48 Å². The topological polar surface area (TPSA) is 75.7 Å². The molecular formula is C21H29ClN2O4S. The highest BCUT2D eigenvalue weighted by molar-refractivity contribution is 7.89. The van der Waals surface area contributed by atoms with E-state index in [2.05, 4.69) is 24.2 Å². The number of rotatable bonds is 10. The summed E-state index contributed by atoms with van der Waals surface area (Å²) >= 11 is 5.94. The van der Waals surface area contributed by atoms with Gasteiger partial charge in [0.1, 0.15) is 5.75 Å². The fourth-order valence-corrected chi connectivity index (χ4v) is 5.00. The van der Waals surface area contributed by atoms with Gasteiger partial charge in [-0.1, -0.05) is 49.4 Å². The molecular weight excluding hydrogens is 412 g/mol. The highest BCUT2D eigenvalue weighted by Crippen LogP contribution is 2.30. The fourth-order valence-electron chi connectivity index (χ4n) is 3.36. The predicted molar refractivity (Wildman–Crippen MR) is 115 cm³/mol. The predicted octanol–water partition coefficient (Wildman–Crippen LogP) is 3.48. The van der Waals surface area contributed by atoms with Crippen molar-refractivity contribution in [1.82, 2.24) is 9.79 Å². The average molecular weight is 441 g/mol. The molecule has 1 aliphatic rings. The molecule has 6 nitrogen and oxygen atoms in total. The molecule has 1 aliphatic heterocycles. The maximum absolute atomic E-state index is 12.8. The van der Waals surface area contributed by atoms with Crippen molar-refractivity contribution in [3.05, 3.63) is 34.9 Å². The molecule has 1 fully saturated rings. The number of sulfonamides is 1. The maximum atomic E-state index is 12.8. The molecule has 1 aromatic carbocycles. The molecule has 0 bridgehead atoms. The standard InChI is InChI=1S/C21H29ClN2O4S/c1-2-3-4-5-6-7-21(28-23-17-25)16-29(26,27)24-14-12-19(13-15-24)18-8-10-20(22)11-9-18/h8-11,17,19,21H,2-5,12-16H2,1H3,(H,23,25). The highest BCUT2D eigenvalue weighted by Gasteiger charge is 2.30. The zero-order valence-corrected chi connectivity index (χ0v) is 18.3. The summed E-state index contributed by atoms with van der Waals surface area (Å²) < 4.78 is 27.1. The van der Waals surface area contributed by atoms with E-state index in [1.807, 2.05) is 24.3 Å². The number of halogens is 1. The molecule has 1 atom stereocenters. The van der Waals surface area contributed by atoms with Gasteiger partial charge in [-0.3, -0.25) is 9.63 Å². The number of unbranched alkanes of at least 4 members (excludes halogenated alkanes) is 3. The van der Waals surface area contributed by atoms with Gasteiger partial charge in [0, 0.05) is 24.5 Å². The molecule has 8 heteroatoms. The van der Waals surface area contributed by atoms with Gasteiger partial charge in [-0.05, 0) is 42.9 Å². The Morgan fingerprint density at radius 3 is 2.59 bits per heavy atom. The lowest BCUT2D eigenvalue weighted by atomic mass is 9.90. The summed E-state index contributed by atoms with van der Waals surface area (Å²) in [6.45, 7) is 3.01. The minimum Gasteiger partial charge on any atom is -0.277 e. The van der Waals surface area contributed by atoms with Crippen molar-refractivity contribution in [1.29, 1.82) is 0 Å². The number of nitrogens with zero attached hydrogens (tertiary/aromatic N) is 1. The minimum absolute atomic E-state index is 0.278. The maximum Gasteiger partial charge on any atom is 0.230 e. The van der Waals surface area contributed by atoms with E-state index in [-0.39, 0.29) is 5.75 Å². The van der Waals surface area contributed by atoms with E-state index in [1.54, 1.807) is 0 Å². The third kappa shape index (κ3) is 7.98. The summed E-state index contributed by atoms with van der Waals surface area (Å²) in [6.07, 6.45) is 4.80. The van der Waals surface area contributed by atoms with E-state index in [0.29, 0.717) is 36.9 Å². The third-order valence-corrected chi connectivity index (χ3v) is 7.11. The third-order valence-electron chi connectivity index (χ3n) is 4.98. The van der Waals surface area contributed by atoms with Crippen LogP contribution in [0.25, 0.3) is 0 Å². The van der Waals surface area contributed by atoms with Crippen LogP contribution in [-0.2, 0) is 19.7 Å². The second-order valence-electron chi connectivity index (χ2n) is 7.12. The van der Waals surface area contributed by atoms with Crippen molar-refractivity contribution >= 4 is 28.0 Å². The van der Waals surface area contributed by atoms with Crippen molar-refractivity contribution in [3.63, 3.8) is 0 Å². The number of hydrogen-bond donors (Lipinski definition) is 1. The molecule has 0 spiro atoms. The molecule has 160 valence electrons. The molecule has 1 N–H and O–H groups in total. The molecule has 1 amide bonds. The normalized spacial score (nSPS) is 16.6. The number of nitrogens with one attached hydrogen (secondary N) is 1. The first-order valence-corrected chi connectivity index (χ1v) is 12.0. The van der Waals surface area contributed by atoms with E-state index < -0.39 is 16.1 Å². The number of carbonyl (C=O) groups excluding carboxylic acids is 1. The Morgan fingerprint density at radius 1 is 1.28 bits per heavy atom. The van der Waals surface area contributed by atoms with Crippen molar-refractivity contribution in [2.45, 2.75) is 57.5 Å². The molecule has 0 aromatic heterocycles. The largest absolute Gasteiger partial charge is 0.277 e. The molecule has 0 saturated carbocycles. The van der Waals surface area contributed by atoms with Crippen LogP contribution in [0.4, 0.5) is 0 Å². The van der Waals surface area contributed by atoms with Crippen molar-refractivity contribution < 1.29 is 18.0 Å². The lowest BCUT2D eigenvalue weighted by Crippen LogP contribution is -2.42. The molecule has 0 radical (unpaired) electrons.